The van der Waals surface area contributed by atoms with Gasteiger partial charge in [0.1, 0.15) is 24.4 Å². The van der Waals surface area contributed by atoms with Gasteiger partial charge in [0.05, 0.1) is 35.9 Å². The van der Waals surface area contributed by atoms with Crippen molar-refractivity contribution in [1.29, 1.82) is 0 Å². The van der Waals surface area contributed by atoms with Crippen LogP contribution in [0.25, 0.3) is 5.82 Å². The number of halogens is 1. The van der Waals surface area contributed by atoms with Gasteiger partial charge in [-0.3, -0.25) is 0 Å². The van der Waals surface area contributed by atoms with Crippen LogP contribution in [0.4, 0.5) is 5.95 Å². The topological polar surface area (TPSA) is 125 Å². The standard InChI is InChI=1S/C19H20ClN11O/c1-13-10-29(19-22-6-14(20)7-23-19)5-4-17(13)31-25-8-15(26-31)11-32-16-2-3-18(21-9-16)30-12-24-27-28-30/h2-3,6-9,12-13,17H,4-5,10-11H2,1H3. The van der Waals surface area contributed by atoms with E-state index in [2.05, 4.69) is 52.5 Å². The van der Waals surface area contributed by atoms with Gasteiger partial charge in [-0.15, -0.1) is 5.10 Å². The van der Waals surface area contributed by atoms with E-state index in [1.54, 1.807) is 35.7 Å². The molecule has 4 aromatic rings. The van der Waals surface area contributed by atoms with Gasteiger partial charge in [0, 0.05) is 13.1 Å². The number of hydrogen-bond donors (Lipinski definition) is 0. The minimum absolute atomic E-state index is 0.199. The zero-order chi connectivity index (χ0) is 21.9. The summed E-state index contributed by atoms with van der Waals surface area (Å²) >= 11 is 5.89. The quantitative estimate of drug-likeness (QED) is 0.426. The van der Waals surface area contributed by atoms with Gasteiger partial charge >= 0.3 is 0 Å². The highest BCUT2D eigenvalue weighted by atomic mass is 35.5. The summed E-state index contributed by atoms with van der Waals surface area (Å²) < 4.78 is 7.27. The molecule has 5 heterocycles. The Balaban J connectivity index is 1.17. The predicted molar refractivity (Wildman–Crippen MR) is 113 cm³/mol. The van der Waals surface area contributed by atoms with Crippen LogP contribution in [-0.4, -0.2) is 63.2 Å². The van der Waals surface area contributed by atoms with Crippen molar-refractivity contribution < 1.29 is 4.74 Å². The Morgan fingerprint density at radius 2 is 2.00 bits per heavy atom. The first-order chi connectivity index (χ1) is 15.7. The van der Waals surface area contributed by atoms with Crippen molar-refractivity contribution in [2.75, 3.05) is 18.0 Å². The number of ether oxygens (including phenoxy) is 1. The van der Waals surface area contributed by atoms with Crippen molar-refractivity contribution in [2.24, 2.45) is 5.92 Å². The van der Waals surface area contributed by atoms with E-state index in [4.69, 9.17) is 16.3 Å². The number of anilines is 1. The van der Waals surface area contributed by atoms with Crippen molar-refractivity contribution in [3.63, 3.8) is 0 Å². The maximum Gasteiger partial charge on any atom is 0.225 e. The number of tetrazole rings is 1. The summed E-state index contributed by atoms with van der Waals surface area (Å²) in [5, 5.41) is 20.6. The summed E-state index contributed by atoms with van der Waals surface area (Å²) in [6, 6.07) is 3.79. The number of hydrogen-bond acceptors (Lipinski definition) is 10. The summed E-state index contributed by atoms with van der Waals surface area (Å²) in [4.78, 5) is 16.9. The van der Waals surface area contributed by atoms with E-state index in [0.717, 1.165) is 25.2 Å². The highest BCUT2D eigenvalue weighted by Crippen LogP contribution is 2.28. The average Bonchev–Trinajstić information content (AvgIpc) is 3.51. The van der Waals surface area contributed by atoms with Gasteiger partial charge in [0.2, 0.25) is 5.95 Å². The number of piperidine rings is 1. The summed E-state index contributed by atoms with van der Waals surface area (Å²) in [7, 11) is 0. The molecular formula is C19H20ClN11O. The molecule has 0 saturated carbocycles. The molecule has 0 spiro atoms. The van der Waals surface area contributed by atoms with Crippen LogP contribution in [0.5, 0.6) is 5.75 Å². The molecule has 0 bridgehead atoms. The molecule has 12 nitrogen and oxygen atoms in total. The fraction of sp³-hybridized carbons (Fsp3) is 0.368. The van der Waals surface area contributed by atoms with Crippen LogP contribution in [0.15, 0.2) is 43.2 Å². The van der Waals surface area contributed by atoms with Crippen LogP contribution < -0.4 is 9.64 Å². The first-order valence-electron chi connectivity index (χ1n) is 10.1. The van der Waals surface area contributed by atoms with Gasteiger partial charge < -0.3 is 9.64 Å². The number of nitrogens with zero attached hydrogens (tertiary/aromatic N) is 11. The lowest BCUT2D eigenvalue weighted by Gasteiger charge is -2.36. The molecule has 0 amide bonds. The second kappa shape index (κ2) is 8.83. The van der Waals surface area contributed by atoms with Gasteiger partial charge in [-0.2, -0.15) is 19.7 Å². The predicted octanol–water partition coefficient (Wildman–Crippen LogP) is 1.76. The Kier molecular flexibility index (Phi) is 5.58. The lowest BCUT2D eigenvalue weighted by molar-refractivity contribution is 0.246. The molecule has 5 rings (SSSR count). The molecule has 13 heteroatoms. The van der Waals surface area contributed by atoms with Gasteiger partial charge in [0.25, 0.3) is 0 Å². The highest BCUT2D eigenvalue weighted by molar-refractivity contribution is 6.30. The Hall–Kier alpha value is -3.67. The second-order valence-electron chi connectivity index (χ2n) is 7.53. The summed E-state index contributed by atoms with van der Waals surface area (Å²) in [5.74, 6) is 2.26. The highest BCUT2D eigenvalue weighted by Gasteiger charge is 2.30. The molecule has 0 N–H and O–H groups in total. The van der Waals surface area contributed by atoms with Gasteiger partial charge in [0.15, 0.2) is 5.82 Å². The SMILES string of the molecule is CC1CN(c2ncc(Cl)cn2)CCC1n1ncc(COc2ccc(-n3cnnn3)nc2)n1. The van der Waals surface area contributed by atoms with E-state index in [1.807, 2.05) is 6.07 Å². The Morgan fingerprint density at radius 1 is 1.12 bits per heavy atom. The van der Waals surface area contributed by atoms with E-state index >= 15 is 0 Å². The monoisotopic (exact) mass is 453 g/mol. The number of aromatic nitrogens is 10. The first-order valence-corrected chi connectivity index (χ1v) is 10.5. The van der Waals surface area contributed by atoms with Gasteiger partial charge in [-0.05, 0) is 34.9 Å². The number of rotatable bonds is 6. The van der Waals surface area contributed by atoms with Crippen molar-refractivity contribution >= 4 is 17.5 Å². The van der Waals surface area contributed by atoms with E-state index in [9.17, 15) is 0 Å². The third-order valence-electron chi connectivity index (χ3n) is 5.29. The molecular weight excluding hydrogens is 434 g/mol. The summed E-state index contributed by atoms with van der Waals surface area (Å²) in [5.41, 5.74) is 0.755. The van der Waals surface area contributed by atoms with E-state index < -0.39 is 0 Å². The molecule has 1 fully saturated rings. The molecule has 2 unspecified atom stereocenters. The van der Waals surface area contributed by atoms with E-state index in [1.165, 1.54) is 11.0 Å². The Bertz CT molecular complexity index is 1150. The normalized spacial score (nSPS) is 18.6. The Morgan fingerprint density at radius 3 is 2.72 bits per heavy atom. The van der Waals surface area contributed by atoms with Crippen LogP contribution in [0.2, 0.25) is 5.02 Å². The van der Waals surface area contributed by atoms with E-state index in [0.29, 0.717) is 35.1 Å². The zero-order valence-corrected chi connectivity index (χ0v) is 18.0. The van der Waals surface area contributed by atoms with Crippen molar-refractivity contribution in [1.82, 2.24) is 50.2 Å². The third-order valence-corrected chi connectivity index (χ3v) is 5.49. The molecule has 0 aliphatic carbocycles. The maximum absolute atomic E-state index is 5.89. The summed E-state index contributed by atoms with van der Waals surface area (Å²) in [6.07, 6.45) is 8.98. The fourth-order valence-electron chi connectivity index (χ4n) is 3.68. The molecule has 0 radical (unpaired) electrons. The van der Waals surface area contributed by atoms with E-state index in [-0.39, 0.29) is 6.04 Å². The van der Waals surface area contributed by atoms with Crippen LogP contribution in [0.3, 0.4) is 0 Å². The zero-order valence-electron chi connectivity index (χ0n) is 17.2. The molecule has 1 saturated heterocycles. The van der Waals surface area contributed by atoms with Crippen molar-refractivity contribution in [3.05, 3.63) is 54.0 Å². The second-order valence-corrected chi connectivity index (χ2v) is 7.97. The molecule has 4 aromatic heterocycles. The van der Waals surface area contributed by atoms with Gasteiger partial charge in [-0.1, -0.05) is 18.5 Å². The average molecular weight is 454 g/mol. The molecule has 32 heavy (non-hydrogen) atoms. The Labute approximate surface area is 188 Å². The van der Waals surface area contributed by atoms with Crippen LogP contribution in [-0.2, 0) is 6.61 Å². The molecule has 1 aliphatic heterocycles. The molecule has 1 aliphatic rings. The largest absolute Gasteiger partial charge is 0.486 e. The van der Waals surface area contributed by atoms with Crippen LogP contribution in [0.1, 0.15) is 25.1 Å². The molecule has 164 valence electrons. The third kappa shape index (κ3) is 4.35. The first kappa shape index (κ1) is 20.2. The van der Waals surface area contributed by atoms with Crippen molar-refractivity contribution in [2.45, 2.75) is 26.0 Å². The smallest absolute Gasteiger partial charge is 0.225 e. The summed E-state index contributed by atoms with van der Waals surface area (Å²) in [6.45, 7) is 4.13. The lowest BCUT2D eigenvalue weighted by atomic mass is 9.94. The minimum Gasteiger partial charge on any atom is -0.486 e. The molecule has 2 atom stereocenters. The maximum atomic E-state index is 5.89. The van der Waals surface area contributed by atoms with Crippen molar-refractivity contribution in [3.8, 4) is 11.6 Å². The van der Waals surface area contributed by atoms with Crippen LogP contribution in [0, 0.1) is 5.92 Å². The lowest BCUT2D eigenvalue weighted by Crippen LogP contribution is -2.41. The number of pyridine rings is 1. The minimum atomic E-state index is 0.199. The molecule has 0 aromatic carbocycles. The van der Waals surface area contributed by atoms with Crippen LogP contribution >= 0.6 is 11.6 Å². The fourth-order valence-corrected chi connectivity index (χ4v) is 3.78. The van der Waals surface area contributed by atoms with Gasteiger partial charge in [-0.25, -0.2) is 15.0 Å².